The first kappa shape index (κ1) is 22.3. The van der Waals surface area contributed by atoms with Gasteiger partial charge >= 0.3 is 6.03 Å². The molecule has 1 aromatic heterocycles. The lowest BCUT2D eigenvalue weighted by atomic mass is 10.0. The van der Waals surface area contributed by atoms with E-state index in [4.69, 9.17) is 5.41 Å². The molecule has 2 aliphatic heterocycles. The number of rotatable bonds is 5. The van der Waals surface area contributed by atoms with Gasteiger partial charge in [0.05, 0.1) is 11.7 Å². The molecule has 2 aliphatic rings. The lowest BCUT2D eigenvalue weighted by Crippen LogP contribution is -2.52. The molecule has 5 rings (SSSR count). The van der Waals surface area contributed by atoms with Crippen molar-refractivity contribution in [3.8, 4) is 11.3 Å². The number of benzene rings is 2. The molecule has 178 valence electrons. The second kappa shape index (κ2) is 9.05. The van der Waals surface area contributed by atoms with Gasteiger partial charge in [-0.3, -0.25) is 19.7 Å². The fourth-order valence-corrected chi connectivity index (χ4v) is 4.46. The summed E-state index contributed by atoms with van der Waals surface area (Å²) in [6.45, 7) is 0.667. The van der Waals surface area contributed by atoms with Crippen LogP contribution in [0.25, 0.3) is 11.3 Å². The lowest BCUT2D eigenvalue weighted by Gasteiger charge is -2.31. The highest BCUT2D eigenvalue weighted by atomic mass is 16.2. The first-order valence-corrected chi connectivity index (χ1v) is 11.3. The first-order valence-electron chi connectivity index (χ1n) is 11.3. The Balaban J connectivity index is 1.20. The number of carbonyl (C=O) groups excluding carboxylic acids is 3. The average molecular weight is 472 g/mol. The molecule has 0 aliphatic carbocycles. The molecule has 1 fully saturated rings. The molecule has 0 bridgehead atoms. The van der Waals surface area contributed by atoms with Crippen molar-refractivity contribution in [3.63, 3.8) is 0 Å². The minimum atomic E-state index is -0.429. The zero-order valence-corrected chi connectivity index (χ0v) is 19.2. The normalized spacial score (nSPS) is 17.2. The Morgan fingerprint density at radius 1 is 1.20 bits per heavy atom. The Bertz CT molecular complexity index is 1350. The van der Waals surface area contributed by atoms with Crippen LogP contribution in [0.15, 0.2) is 54.7 Å². The number of hydrogen-bond acceptors (Lipinski definition) is 5. The third kappa shape index (κ3) is 4.63. The van der Waals surface area contributed by atoms with Crippen molar-refractivity contribution in [2.75, 3.05) is 5.32 Å². The molecule has 4 amide bonds. The highest BCUT2D eigenvalue weighted by Crippen LogP contribution is 2.28. The monoisotopic (exact) mass is 471 g/mol. The predicted octanol–water partition coefficient (Wildman–Crippen LogP) is 2.62. The molecule has 10 nitrogen and oxygen atoms in total. The SMILES string of the molecule is Cn1ccc(-c2cccc(NC(=O)NCc3ccc4c(c3)CN(C3CCC(=O)NC3=N)C4=O)c2)n1. The van der Waals surface area contributed by atoms with Gasteiger partial charge in [0.1, 0.15) is 5.84 Å². The summed E-state index contributed by atoms with van der Waals surface area (Å²) < 4.78 is 1.72. The Morgan fingerprint density at radius 3 is 2.83 bits per heavy atom. The van der Waals surface area contributed by atoms with Gasteiger partial charge in [0.2, 0.25) is 5.91 Å². The lowest BCUT2D eigenvalue weighted by molar-refractivity contribution is -0.120. The van der Waals surface area contributed by atoms with Crippen molar-refractivity contribution in [1.82, 2.24) is 25.3 Å². The number of amides is 4. The van der Waals surface area contributed by atoms with E-state index < -0.39 is 6.04 Å². The second-order valence-electron chi connectivity index (χ2n) is 8.70. The van der Waals surface area contributed by atoms with E-state index in [9.17, 15) is 14.4 Å². The topological polar surface area (TPSA) is 132 Å². The third-order valence-corrected chi connectivity index (χ3v) is 6.21. The van der Waals surface area contributed by atoms with Crippen molar-refractivity contribution < 1.29 is 14.4 Å². The summed E-state index contributed by atoms with van der Waals surface area (Å²) in [4.78, 5) is 38.5. The molecule has 3 heterocycles. The molecule has 1 saturated heterocycles. The second-order valence-corrected chi connectivity index (χ2v) is 8.70. The molecule has 1 unspecified atom stereocenters. The smallest absolute Gasteiger partial charge is 0.319 e. The maximum atomic E-state index is 12.9. The summed E-state index contributed by atoms with van der Waals surface area (Å²) in [6.07, 6.45) is 2.60. The summed E-state index contributed by atoms with van der Waals surface area (Å²) >= 11 is 0. The Hall–Kier alpha value is -4.47. The third-order valence-electron chi connectivity index (χ3n) is 6.21. The molecule has 4 N–H and O–H groups in total. The number of piperidine rings is 1. The minimum absolute atomic E-state index is 0.0630. The molecule has 3 aromatic rings. The minimum Gasteiger partial charge on any atom is -0.334 e. The molecule has 35 heavy (non-hydrogen) atoms. The number of urea groups is 1. The molecule has 1 atom stereocenters. The van der Waals surface area contributed by atoms with Crippen molar-refractivity contribution >= 4 is 29.4 Å². The van der Waals surface area contributed by atoms with Crippen molar-refractivity contribution in [2.24, 2.45) is 7.05 Å². The van der Waals surface area contributed by atoms with Gasteiger partial charge in [-0.1, -0.05) is 24.3 Å². The number of nitrogens with zero attached hydrogens (tertiary/aromatic N) is 3. The zero-order valence-electron chi connectivity index (χ0n) is 19.2. The van der Waals surface area contributed by atoms with Gasteiger partial charge in [-0.2, -0.15) is 5.10 Å². The predicted molar refractivity (Wildman–Crippen MR) is 130 cm³/mol. The van der Waals surface area contributed by atoms with Crippen molar-refractivity contribution in [3.05, 3.63) is 71.4 Å². The van der Waals surface area contributed by atoms with Gasteiger partial charge in [0, 0.05) is 49.6 Å². The molecule has 10 heteroatoms. The van der Waals surface area contributed by atoms with Gasteiger partial charge < -0.3 is 20.9 Å². The van der Waals surface area contributed by atoms with E-state index >= 15 is 0 Å². The van der Waals surface area contributed by atoms with Crippen LogP contribution in [0.4, 0.5) is 10.5 Å². The van der Waals surface area contributed by atoms with E-state index in [0.717, 1.165) is 22.4 Å². The van der Waals surface area contributed by atoms with E-state index in [0.29, 0.717) is 37.2 Å². The van der Waals surface area contributed by atoms with E-state index in [2.05, 4.69) is 21.0 Å². The summed E-state index contributed by atoms with van der Waals surface area (Å²) in [6, 6.07) is 14.1. The highest BCUT2D eigenvalue weighted by molar-refractivity contribution is 6.06. The largest absolute Gasteiger partial charge is 0.334 e. The molecular formula is C25H25N7O3. The van der Waals surface area contributed by atoms with Gasteiger partial charge in [0.15, 0.2) is 0 Å². The van der Waals surface area contributed by atoms with E-state index in [1.165, 1.54) is 0 Å². The van der Waals surface area contributed by atoms with Crippen LogP contribution < -0.4 is 16.0 Å². The van der Waals surface area contributed by atoms with Gasteiger partial charge in [0.25, 0.3) is 5.91 Å². The number of hydrogen-bond donors (Lipinski definition) is 4. The van der Waals surface area contributed by atoms with E-state index in [1.54, 1.807) is 15.6 Å². The van der Waals surface area contributed by atoms with Crippen molar-refractivity contribution in [2.45, 2.75) is 32.0 Å². The molecular weight excluding hydrogens is 446 g/mol. The van der Waals surface area contributed by atoms with Crippen LogP contribution in [0.2, 0.25) is 0 Å². The van der Waals surface area contributed by atoms with Crippen LogP contribution in [0.1, 0.15) is 34.3 Å². The van der Waals surface area contributed by atoms with Gasteiger partial charge in [-0.15, -0.1) is 0 Å². The Labute approximate surface area is 201 Å². The molecule has 0 saturated carbocycles. The van der Waals surface area contributed by atoms with Crippen LogP contribution in [-0.4, -0.2) is 44.4 Å². The highest BCUT2D eigenvalue weighted by Gasteiger charge is 2.37. The molecule has 2 aromatic carbocycles. The fourth-order valence-electron chi connectivity index (χ4n) is 4.46. The molecule has 0 radical (unpaired) electrons. The standard InChI is InChI=1S/C25H25N7O3/c1-31-10-9-20(30-31)16-3-2-4-18(12-16)28-25(35)27-13-15-5-6-19-17(11-15)14-32(24(19)34)21-7-8-22(33)29-23(21)26/h2-6,9-12,21H,7-8,13-14H2,1H3,(H2,26,29,33)(H2,27,28,35). The summed E-state index contributed by atoms with van der Waals surface area (Å²) in [5.41, 5.74) is 4.69. The van der Waals surface area contributed by atoms with Crippen LogP contribution in [0.3, 0.4) is 0 Å². The van der Waals surface area contributed by atoms with Crippen molar-refractivity contribution in [1.29, 1.82) is 5.41 Å². The number of carbonyl (C=O) groups is 3. The maximum absolute atomic E-state index is 12.9. The van der Waals surface area contributed by atoms with Gasteiger partial charge in [-0.05, 0) is 41.8 Å². The van der Waals surface area contributed by atoms with Crippen LogP contribution in [0.5, 0.6) is 0 Å². The number of fused-ring (bicyclic) bond motifs is 1. The van der Waals surface area contributed by atoms with E-state index in [-0.39, 0.29) is 23.7 Å². The van der Waals surface area contributed by atoms with Crippen LogP contribution in [-0.2, 0) is 24.9 Å². The summed E-state index contributed by atoms with van der Waals surface area (Å²) in [5, 5.41) is 20.7. The fraction of sp³-hybridized carbons (Fsp3) is 0.240. The average Bonchev–Trinajstić information content (AvgIpc) is 3.41. The number of anilines is 1. The Kier molecular flexibility index (Phi) is 5.77. The van der Waals surface area contributed by atoms with Gasteiger partial charge in [-0.25, -0.2) is 4.79 Å². The molecule has 0 spiro atoms. The number of aryl methyl sites for hydroxylation is 1. The van der Waals surface area contributed by atoms with Crippen LogP contribution >= 0.6 is 0 Å². The quantitative estimate of drug-likeness (QED) is 0.455. The maximum Gasteiger partial charge on any atom is 0.319 e. The van der Waals surface area contributed by atoms with Crippen LogP contribution in [0, 0.1) is 5.41 Å². The Morgan fingerprint density at radius 2 is 2.06 bits per heavy atom. The summed E-state index contributed by atoms with van der Waals surface area (Å²) in [7, 11) is 1.85. The number of amidine groups is 1. The first-order chi connectivity index (χ1) is 16.9. The summed E-state index contributed by atoms with van der Waals surface area (Å²) in [5.74, 6) is -0.269. The number of aromatic nitrogens is 2. The van der Waals surface area contributed by atoms with E-state index in [1.807, 2.05) is 55.7 Å². The number of nitrogens with one attached hydrogen (secondary N) is 4. The zero-order chi connectivity index (χ0) is 24.5.